The first-order valence-electron chi connectivity index (χ1n) is 9.61. The summed E-state index contributed by atoms with van der Waals surface area (Å²) in [6.45, 7) is 12.4. The minimum atomic E-state index is -3.60. The Labute approximate surface area is 162 Å². The van der Waals surface area contributed by atoms with E-state index in [0.717, 1.165) is 0 Å². The van der Waals surface area contributed by atoms with E-state index in [4.69, 9.17) is 18.5 Å². The van der Waals surface area contributed by atoms with Crippen LogP contribution in [0.15, 0.2) is 9.98 Å². The summed E-state index contributed by atoms with van der Waals surface area (Å²) in [7, 11) is -3.60. The molecule has 0 saturated heterocycles. The molecule has 0 spiro atoms. The van der Waals surface area contributed by atoms with Crippen molar-refractivity contribution in [3.8, 4) is 0 Å². The standard InChI is InChI=1S/C18H33N2O6P/c1-7-23-17-15(19-18(24-8-2)16(20-17)13(5)6)11-14(12-21)27(22,25-9-3)26-10-4/h12-16H,7-11H2,1-6H3/t14-,15-,16+/m0/s1. The van der Waals surface area contributed by atoms with E-state index in [2.05, 4.69) is 9.98 Å². The lowest BCUT2D eigenvalue weighted by molar-refractivity contribution is -0.108. The minimum Gasteiger partial charge on any atom is -0.480 e. The van der Waals surface area contributed by atoms with E-state index < -0.39 is 19.3 Å². The van der Waals surface area contributed by atoms with Crippen molar-refractivity contribution >= 4 is 25.7 Å². The average molecular weight is 404 g/mol. The van der Waals surface area contributed by atoms with E-state index in [1.807, 2.05) is 27.7 Å². The predicted molar refractivity (Wildman–Crippen MR) is 106 cm³/mol. The Morgan fingerprint density at radius 1 is 0.963 bits per heavy atom. The quantitative estimate of drug-likeness (QED) is 0.386. The van der Waals surface area contributed by atoms with Crippen LogP contribution >= 0.6 is 7.60 Å². The summed E-state index contributed by atoms with van der Waals surface area (Å²) in [5.41, 5.74) is -0.963. The molecule has 0 N–H and O–H groups in total. The van der Waals surface area contributed by atoms with Crippen LogP contribution in [0.2, 0.25) is 0 Å². The van der Waals surface area contributed by atoms with Gasteiger partial charge in [0.05, 0.1) is 26.4 Å². The highest BCUT2D eigenvalue weighted by molar-refractivity contribution is 7.55. The first kappa shape index (κ1) is 23.8. The fraction of sp³-hybridized carbons (Fsp3) is 0.833. The summed E-state index contributed by atoms with van der Waals surface area (Å²) in [6.07, 6.45) is 0.723. The zero-order chi connectivity index (χ0) is 20.4. The van der Waals surface area contributed by atoms with Gasteiger partial charge in [0.1, 0.15) is 24.0 Å². The van der Waals surface area contributed by atoms with E-state index in [1.54, 1.807) is 13.8 Å². The Balaban J connectivity index is 3.19. The highest BCUT2D eigenvalue weighted by Gasteiger charge is 2.40. The van der Waals surface area contributed by atoms with Crippen LogP contribution < -0.4 is 0 Å². The molecule has 0 saturated carbocycles. The number of ether oxygens (including phenoxy) is 2. The summed E-state index contributed by atoms with van der Waals surface area (Å²) in [6, 6.07) is -0.825. The molecule has 0 fully saturated rings. The van der Waals surface area contributed by atoms with Gasteiger partial charge in [-0.1, -0.05) is 13.8 Å². The molecule has 0 aromatic carbocycles. The summed E-state index contributed by atoms with van der Waals surface area (Å²) < 4.78 is 35.1. The Morgan fingerprint density at radius 3 is 1.96 bits per heavy atom. The Kier molecular flexibility index (Phi) is 10.2. The SMILES string of the molecule is CCOC1=N[C@H](C(C)C)C(OCC)=N[C@H]1C[C@@H](C=O)P(=O)(OCC)OCC. The maximum Gasteiger partial charge on any atom is 0.340 e. The summed E-state index contributed by atoms with van der Waals surface area (Å²) >= 11 is 0. The fourth-order valence-corrected chi connectivity index (χ4v) is 4.56. The third-order valence-corrected chi connectivity index (χ3v) is 6.33. The van der Waals surface area contributed by atoms with Gasteiger partial charge in [0, 0.05) is 0 Å². The van der Waals surface area contributed by atoms with Crippen molar-refractivity contribution in [1.82, 2.24) is 0 Å². The van der Waals surface area contributed by atoms with Gasteiger partial charge in [-0.25, -0.2) is 9.98 Å². The second-order valence-electron chi connectivity index (χ2n) is 6.32. The molecule has 1 rings (SSSR count). The van der Waals surface area contributed by atoms with Gasteiger partial charge in [-0.15, -0.1) is 0 Å². The lowest BCUT2D eigenvalue weighted by Gasteiger charge is -2.30. The number of carbonyl (C=O) groups excluding carboxylic acids is 1. The normalized spacial score (nSPS) is 21.4. The second-order valence-corrected chi connectivity index (χ2v) is 8.58. The van der Waals surface area contributed by atoms with Crippen molar-refractivity contribution in [1.29, 1.82) is 0 Å². The number of nitrogens with zero attached hydrogens (tertiary/aromatic N) is 2. The lowest BCUT2D eigenvalue weighted by atomic mass is 10.0. The minimum absolute atomic E-state index is 0.112. The summed E-state index contributed by atoms with van der Waals surface area (Å²) in [5.74, 6) is 1.10. The van der Waals surface area contributed by atoms with Crippen LogP contribution in [-0.2, 0) is 27.9 Å². The van der Waals surface area contributed by atoms with Crippen LogP contribution in [0.1, 0.15) is 48.0 Å². The molecule has 0 aliphatic carbocycles. The lowest BCUT2D eigenvalue weighted by Crippen LogP contribution is -2.40. The molecule has 1 heterocycles. The molecule has 3 atom stereocenters. The zero-order valence-corrected chi connectivity index (χ0v) is 18.1. The monoisotopic (exact) mass is 404 g/mol. The van der Waals surface area contributed by atoms with Gasteiger partial charge in [-0.05, 0) is 40.0 Å². The Bertz CT molecular complexity index is 568. The van der Waals surface area contributed by atoms with Crippen LogP contribution in [0.5, 0.6) is 0 Å². The van der Waals surface area contributed by atoms with Crippen molar-refractivity contribution in [3.63, 3.8) is 0 Å². The van der Waals surface area contributed by atoms with Crippen molar-refractivity contribution < 1.29 is 27.9 Å². The number of hydrogen-bond acceptors (Lipinski definition) is 8. The van der Waals surface area contributed by atoms with Gasteiger partial charge in [0.2, 0.25) is 11.8 Å². The molecule has 1 aliphatic rings. The molecule has 0 aromatic rings. The Morgan fingerprint density at radius 2 is 1.52 bits per heavy atom. The molecule has 0 unspecified atom stereocenters. The van der Waals surface area contributed by atoms with E-state index in [9.17, 15) is 9.36 Å². The van der Waals surface area contributed by atoms with Crippen LogP contribution in [0.25, 0.3) is 0 Å². The molecule has 0 radical (unpaired) electrons. The highest BCUT2D eigenvalue weighted by Crippen LogP contribution is 2.54. The van der Waals surface area contributed by atoms with Crippen LogP contribution in [0.3, 0.4) is 0 Å². The fourth-order valence-electron chi connectivity index (χ4n) is 2.78. The van der Waals surface area contributed by atoms with Gasteiger partial charge in [-0.2, -0.15) is 0 Å². The van der Waals surface area contributed by atoms with Crippen molar-refractivity contribution in [2.45, 2.75) is 65.7 Å². The number of carbonyl (C=O) groups is 1. The largest absolute Gasteiger partial charge is 0.480 e. The van der Waals surface area contributed by atoms with Crippen molar-refractivity contribution in [3.05, 3.63) is 0 Å². The molecule has 0 amide bonds. The summed E-state index contributed by atoms with van der Waals surface area (Å²) in [5, 5.41) is 0. The average Bonchev–Trinajstić information content (AvgIpc) is 2.61. The second kappa shape index (κ2) is 11.6. The molecule has 1 aliphatic heterocycles. The molecule has 156 valence electrons. The van der Waals surface area contributed by atoms with Gasteiger partial charge >= 0.3 is 7.60 Å². The van der Waals surface area contributed by atoms with E-state index >= 15 is 0 Å². The van der Waals surface area contributed by atoms with Gasteiger partial charge in [0.15, 0.2) is 0 Å². The zero-order valence-electron chi connectivity index (χ0n) is 17.2. The predicted octanol–water partition coefficient (Wildman–Crippen LogP) is 3.49. The molecule has 9 heteroatoms. The first-order chi connectivity index (χ1) is 12.9. The van der Waals surface area contributed by atoms with E-state index in [0.29, 0.717) is 31.3 Å². The number of aldehydes is 1. The van der Waals surface area contributed by atoms with Gasteiger partial charge in [0.25, 0.3) is 0 Å². The molecule has 8 nitrogen and oxygen atoms in total. The maximum absolute atomic E-state index is 13.0. The first-order valence-corrected chi connectivity index (χ1v) is 11.2. The molecule has 0 bridgehead atoms. The number of rotatable bonds is 11. The molecular weight excluding hydrogens is 371 g/mol. The topological polar surface area (TPSA) is 95.8 Å². The van der Waals surface area contributed by atoms with Crippen LogP contribution in [0, 0.1) is 5.92 Å². The molecular formula is C18H33N2O6P. The van der Waals surface area contributed by atoms with Gasteiger partial charge < -0.3 is 23.3 Å². The van der Waals surface area contributed by atoms with E-state index in [1.165, 1.54) is 0 Å². The number of aliphatic imine (C=N–C) groups is 2. The number of hydrogen-bond donors (Lipinski definition) is 0. The van der Waals surface area contributed by atoms with E-state index in [-0.39, 0.29) is 31.6 Å². The Hall–Kier alpha value is -1.24. The molecule has 27 heavy (non-hydrogen) atoms. The summed E-state index contributed by atoms with van der Waals surface area (Å²) in [4.78, 5) is 21.0. The third kappa shape index (κ3) is 6.40. The molecule has 0 aromatic heterocycles. The maximum atomic E-state index is 13.0. The van der Waals surface area contributed by atoms with Crippen molar-refractivity contribution in [2.24, 2.45) is 15.9 Å². The van der Waals surface area contributed by atoms with Gasteiger partial charge in [-0.3, -0.25) is 4.57 Å². The third-order valence-electron chi connectivity index (χ3n) is 3.95. The smallest absolute Gasteiger partial charge is 0.340 e. The van der Waals surface area contributed by atoms with Crippen LogP contribution in [0.4, 0.5) is 0 Å². The highest BCUT2D eigenvalue weighted by atomic mass is 31.2. The van der Waals surface area contributed by atoms with Crippen molar-refractivity contribution in [2.75, 3.05) is 26.4 Å². The van der Waals surface area contributed by atoms with Crippen LogP contribution in [-0.4, -0.2) is 62.3 Å².